The molecule has 2 unspecified atom stereocenters. The fourth-order valence-corrected chi connectivity index (χ4v) is 11.7. The summed E-state index contributed by atoms with van der Waals surface area (Å²) in [5, 5.41) is 2.53. The van der Waals surface area contributed by atoms with Crippen molar-refractivity contribution in [2.24, 2.45) is 0 Å². The minimum absolute atomic E-state index is 0.00176. The van der Waals surface area contributed by atoms with Crippen LogP contribution in [0.25, 0.3) is 21.9 Å². The maximum Gasteiger partial charge on any atom is 0.252 e. The smallest absolute Gasteiger partial charge is 0.252 e. The zero-order chi connectivity index (χ0) is 39.5. The van der Waals surface area contributed by atoms with E-state index in [2.05, 4.69) is 211 Å². The van der Waals surface area contributed by atoms with Crippen molar-refractivity contribution in [2.75, 3.05) is 14.7 Å². The van der Waals surface area contributed by atoms with Crippen LogP contribution in [0.1, 0.15) is 50.7 Å². The minimum atomic E-state index is -0.00176. The van der Waals surface area contributed by atoms with Gasteiger partial charge in [-0.2, -0.15) is 0 Å². The molecular formula is C55H46BN3. The molecule has 3 aliphatic heterocycles. The van der Waals surface area contributed by atoms with Crippen LogP contribution in [-0.4, -0.2) is 12.3 Å². The third-order valence-corrected chi connectivity index (χ3v) is 14.6. The maximum atomic E-state index is 2.82. The first kappa shape index (κ1) is 34.5. The van der Waals surface area contributed by atoms with Crippen molar-refractivity contribution in [3.63, 3.8) is 0 Å². The third kappa shape index (κ3) is 4.83. The van der Waals surface area contributed by atoms with E-state index in [0.29, 0.717) is 0 Å². The Morgan fingerprint density at radius 2 is 1.24 bits per heavy atom. The van der Waals surface area contributed by atoms with E-state index < -0.39 is 0 Å². The number of hydrogen-bond acceptors (Lipinski definition) is 3. The van der Waals surface area contributed by atoms with Gasteiger partial charge in [0, 0.05) is 50.9 Å². The highest BCUT2D eigenvalue weighted by molar-refractivity contribution is 7.00. The summed E-state index contributed by atoms with van der Waals surface area (Å²) >= 11 is 0. The molecule has 1 aliphatic carbocycles. The Kier molecular flexibility index (Phi) is 7.45. The average Bonchev–Trinajstić information content (AvgIpc) is 3.49. The van der Waals surface area contributed by atoms with E-state index >= 15 is 0 Å². The van der Waals surface area contributed by atoms with Gasteiger partial charge in [-0.05, 0) is 143 Å². The Labute approximate surface area is 348 Å². The van der Waals surface area contributed by atoms with Gasteiger partial charge in [0.05, 0.1) is 5.54 Å². The van der Waals surface area contributed by atoms with Crippen LogP contribution >= 0.6 is 0 Å². The van der Waals surface area contributed by atoms with Crippen LogP contribution in [0, 0.1) is 6.92 Å². The number of nitrogens with zero attached hydrogens (tertiary/aromatic N) is 3. The highest BCUT2D eigenvalue weighted by Crippen LogP contribution is 2.61. The molecule has 4 aliphatic rings. The first-order valence-corrected chi connectivity index (χ1v) is 21.4. The van der Waals surface area contributed by atoms with E-state index in [-0.39, 0.29) is 17.7 Å². The first-order valence-electron chi connectivity index (χ1n) is 21.4. The number of fused-ring (bicyclic) bond motifs is 8. The van der Waals surface area contributed by atoms with Gasteiger partial charge in [-0.25, -0.2) is 0 Å². The maximum absolute atomic E-state index is 2.82. The molecule has 0 saturated heterocycles. The summed E-state index contributed by atoms with van der Waals surface area (Å²) in [4.78, 5) is 7.80. The first-order chi connectivity index (χ1) is 28.9. The van der Waals surface area contributed by atoms with Crippen LogP contribution in [0.4, 0.5) is 45.5 Å². The molecular weight excluding hydrogens is 713 g/mol. The molecule has 0 aromatic heterocycles. The molecule has 0 spiro atoms. The molecule has 2 atom stereocenters. The van der Waals surface area contributed by atoms with Crippen LogP contribution < -0.4 is 31.1 Å². The predicted molar refractivity (Wildman–Crippen MR) is 251 cm³/mol. The number of aryl methyl sites for hydroxylation is 1. The molecule has 8 aromatic rings. The van der Waals surface area contributed by atoms with Gasteiger partial charge in [-0.3, -0.25) is 0 Å². The lowest BCUT2D eigenvalue weighted by Crippen LogP contribution is -2.64. The summed E-state index contributed by atoms with van der Waals surface area (Å²) < 4.78 is 0. The lowest BCUT2D eigenvalue weighted by Gasteiger charge is -2.52. The summed E-state index contributed by atoms with van der Waals surface area (Å²) in [5.74, 6) is 0. The van der Waals surface area contributed by atoms with Crippen molar-refractivity contribution in [1.82, 2.24) is 0 Å². The van der Waals surface area contributed by atoms with Crippen LogP contribution in [0.5, 0.6) is 0 Å². The molecule has 0 amide bonds. The largest absolute Gasteiger partial charge is 0.335 e. The van der Waals surface area contributed by atoms with E-state index in [1.165, 1.54) is 104 Å². The van der Waals surface area contributed by atoms with Crippen LogP contribution in [-0.2, 0) is 5.41 Å². The van der Waals surface area contributed by atoms with Gasteiger partial charge in [0.15, 0.2) is 0 Å². The van der Waals surface area contributed by atoms with Gasteiger partial charge in [0.25, 0.3) is 6.71 Å². The minimum Gasteiger partial charge on any atom is -0.335 e. The van der Waals surface area contributed by atoms with E-state index in [1.807, 2.05) is 0 Å². The third-order valence-electron chi connectivity index (χ3n) is 14.6. The summed E-state index contributed by atoms with van der Waals surface area (Å²) in [6, 6.07) is 65.8. The molecule has 59 heavy (non-hydrogen) atoms. The molecule has 3 nitrogen and oxygen atoms in total. The number of para-hydroxylation sites is 3. The Hall–Kier alpha value is -6.52. The molecule has 12 rings (SSSR count). The van der Waals surface area contributed by atoms with Gasteiger partial charge in [0.1, 0.15) is 0 Å². The van der Waals surface area contributed by atoms with Crippen LogP contribution in [0.2, 0.25) is 0 Å². The van der Waals surface area contributed by atoms with Crippen molar-refractivity contribution in [3.05, 3.63) is 187 Å². The molecule has 3 heterocycles. The molecule has 0 N–H and O–H groups in total. The van der Waals surface area contributed by atoms with Crippen molar-refractivity contribution in [1.29, 1.82) is 0 Å². The summed E-state index contributed by atoms with van der Waals surface area (Å²) in [6.45, 7) is 7.51. The average molecular weight is 760 g/mol. The van der Waals surface area contributed by atoms with Gasteiger partial charge in [-0.15, -0.1) is 0 Å². The second kappa shape index (κ2) is 12.7. The van der Waals surface area contributed by atoms with Crippen molar-refractivity contribution in [2.45, 2.75) is 57.4 Å². The van der Waals surface area contributed by atoms with Crippen molar-refractivity contribution >= 4 is 79.4 Å². The second-order valence-corrected chi connectivity index (χ2v) is 17.7. The van der Waals surface area contributed by atoms with Gasteiger partial charge in [-0.1, -0.05) is 129 Å². The molecule has 4 heteroatoms. The quantitative estimate of drug-likeness (QED) is 0.162. The standard InChI is InChI=1S/C55H46BN3/c1-37-34-50-52-51(35-37)59-53-46(54(2)32-12-13-33-55(54,59)3)24-15-25-47(53)56(52)48-36-43(30-31-49(48)58(50)41-20-8-5-9-21-41)57(40-18-6-4-7-19-40)42-28-26-39(27-29-42)45-23-14-17-38-16-10-11-22-44(38)45/h4-11,14-31,34-36H,12-13,32-33H2,1-3H3. The molecule has 0 radical (unpaired) electrons. The highest BCUT2D eigenvalue weighted by Gasteiger charge is 2.61. The predicted octanol–water partition coefficient (Wildman–Crippen LogP) is 12.6. The number of anilines is 8. The number of hydrogen-bond donors (Lipinski definition) is 0. The second-order valence-electron chi connectivity index (χ2n) is 17.7. The van der Waals surface area contributed by atoms with Crippen molar-refractivity contribution in [3.8, 4) is 11.1 Å². The number of rotatable bonds is 5. The van der Waals surface area contributed by atoms with Crippen LogP contribution in [0.3, 0.4) is 0 Å². The zero-order valence-corrected chi connectivity index (χ0v) is 34.0. The normalized spacial score (nSPS) is 19.5. The van der Waals surface area contributed by atoms with Crippen molar-refractivity contribution < 1.29 is 0 Å². The fourth-order valence-electron chi connectivity index (χ4n) is 11.7. The molecule has 284 valence electrons. The summed E-state index contributed by atoms with van der Waals surface area (Å²) in [7, 11) is 0. The Balaban J connectivity index is 1.08. The number of benzene rings is 8. The Morgan fingerprint density at radius 1 is 0.559 bits per heavy atom. The topological polar surface area (TPSA) is 9.72 Å². The monoisotopic (exact) mass is 759 g/mol. The molecule has 8 aromatic carbocycles. The van der Waals surface area contributed by atoms with Gasteiger partial charge < -0.3 is 14.7 Å². The SMILES string of the molecule is Cc1cc2c3c(c1)N1c4c(cccc4C4(C)CCCCC14C)B3c1cc(N(c3ccccc3)c3ccc(-c4cccc5ccccc45)cc3)ccc1N2c1ccccc1. The lowest BCUT2D eigenvalue weighted by atomic mass is 9.33. The fraction of sp³-hybridized carbons (Fsp3) is 0.164. The summed E-state index contributed by atoms with van der Waals surface area (Å²) in [6.07, 6.45) is 4.96. The molecule has 1 fully saturated rings. The lowest BCUT2D eigenvalue weighted by molar-refractivity contribution is 0.195. The van der Waals surface area contributed by atoms with Gasteiger partial charge >= 0.3 is 0 Å². The van der Waals surface area contributed by atoms with E-state index in [0.717, 1.165) is 17.1 Å². The van der Waals surface area contributed by atoms with E-state index in [1.54, 1.807) is 0 Å². The highest BCUT2D eigenvalue weighted by atomic mass is 15.3. The Bertz CT molecular complexity index is 2950. The zero-order valence-electron chi connectivity index (χ0n) is 34.0. The van der Waals surface area contributed by atoms with Gasteiger partial charge in [0.2, 0.25) is 0 Å². The van der Waals surface area contributed by atoms with Crippen LogP contribution in [0.15, 0.2) is 176 Å². The van der Waals surface area contributed by atoms with E-state index in [9.17, 15) is 0 Å². The molecule has 0 bridgehead atoms. The summed E-state index contributed by atoms with van der Waals surface area (Å²) in [5.41, 5.74) is 19.6. The molecule has 1 saturated carbocycles. The Morgan fingerprint density at radius 3 is 2.07 bits per heavy atom. The van der Waals surface area contributed by atoms with E-state index in [4.69, 9.17) is 0 Å².